The van der Waals surface area contributed by atoms with Gasteiger partial charge >= 0.3 is 0 Å². The number of halogens is 1. The van der Waals surface area contributed by atoms with E-state index >= 15 is 0 Å². The van der Waals surface area contributed by atoms with E-state index in [9.17, 15) is 14.0 Å². The molecule has 0 aromatic heterocycles. The first-order valence-corrected chi connectivity index (χ1v) is 11.3. The predicted octanol–water partition coefficient (Wildman–Crippen LogP) is 2.45. The Morgan fingerprint density at radius 1 is 1.20 bits per heavy atom. The van der Waals surface area contributed by atoms with Gasteiger partial charge in [-0.05, 0) is 44.2 Å². The van der Waals surface area contributed by atoms with Crippen LogP contribution in [0.3, 0.4) is 0 Å². The van der Waals surface area contributed by atoms with Crippen molar-refractivity contribution in [3.8, 4) is 0 Å². The molecule has 1 unspecified atom stereocenters. The van der Waals surface area contributed by atoms with E-state index in [4.69, 9.17) is 0 Å². The maximum atomic E-state index is 14.1. The van der Waals surface area contributed by atoms with Gasteiger partial charge in [-0.2, -0.15) is 0 Å². The molecule has 0 bridgehead atoms. The number of hydrogen-bond acceptors (Lipinski definition) is 4. The highest BCUT2D eigenvalue weighted by atomic mass is 19.1. The van der Waals surface area contributed by atoms with E-state index in [1.54, 1.807) is 6.07 Å². The Labute approximate surface area is 178 Å². The molecule has 1 aliphatic carbocycles. The highest BCUT2D eigenvalue weighted by molar-refractivity contribution is 5.88. The highest BCUT2D eigenvalue weighted by Gasteiger charge is 2.34. The van der Waals surface area contributed by atoms with Crippen molar-refractivity contribution in [3.05, 3.63) is 29.1 Å². The second-order valence-electron chi connectivity index (χ2n) is 8.92. The molecule has 4 rings (SSSR count). The molecule has 1 aromatic carbocycles. The van der Waals surface area contributed by atoms with Gasteiger partial charge in [0.15, 0.2) is 0 Å². The number of benzene rings is 1. The normalized spacial score (nSPS) is 26.8. The van der Waals surface area contributed by atoms with Crippen LogP contribution in [0.4, 0.5) is 10.1 Å². The Morgan fingerprint density at radius 2 is 1.97 bits per heavy atom. The van der Waals surface area contributed by atoms with Crippen LogP contribution in [0.15, 0.2) is 12.1 Å². The van der Waals surface area contributed by atoms with Gasteiger partial charge in [0, 0.05) is 62.4 Å². The summed E-state index contributed by atoms with van der Waals surface area (Å²) < 4.78 is 14.1. The van der Waals surface area contributed by atoms with Crippen LogP contribution in [0.5, 0.6) is 0 Å². The van der Waals surface area contributed by atoms with E-state index in [2.05, 4.69) is 15.5 Å². The summed E-state index contributed by atoms with van der Waals surface area (Å²) in [6.45, 7) is 7.27. The molecular formula is C23H33FN4O2. The van der Waals surface area contributed by atoms with Crippen molar-refractivity contribution in [1.29, 1.82) is 0 Å². The monoisotopic (exact) mass is 416 g/mol. The summed E-state index contributed by atoms with van der Waals surface area (Å²) in [5.74, 6) is -0.0361. The molecule has 6 nitrogen and oxygen atoms in total. The van der Waals surface area contributed by atoms with Crippen LogP contribution >= 0.6 is 0 Å². The zero-order chi connectivity index (χ0) is 21.3. The Balaban J connectivity index is 1.30. The molecule has 164 valence electrons. The fourth-order valence-electron chi connectivity index (χ4n) is 5.22. The number of nitrogens with zero attached hydrogens (tertiary/aromatic N) is 2. The Kier molecular flexibility index (Phi) is 6.27. The van der Waals surface area contributed by atoms with Crippen LogP contribution in [0, 0.1) is 12.7 Å². The fourth-order valence-corrected chi connectivity index (χ4v) is 5.22. The molecular weight excluding hydrogens is 383 g/mol. The van der Waals surface area contributed by atoms with E-state index in [0.717, 1.165) is 63.1 Å². The van der Waals surface area contributed by atoms with E-state index in [1.165, 1.54) is 6.07 Å². The van der Waals surface area contributed by atoms with E-state index in [1.807, 2.05) is 18.7 Å². The number of amides is 2. The standard InChI is InChI=1S/C23H33FN4O2/c1-3-21(29)28-11-9-27(10-12-28)17-6-4-5-16(13-17)25-23(30)20-14-18-19(24)8-7-15(2)22(18)26-20/h7-8,16-17,20,26H,3-6,9-14H2,1-2H3,(H,25,30)/t16-,17+,20?/m1/s1. The number of rotatable bonds is 4. The van der Waals surface area contributed by atoms with Crippen LogP contribution in [0.1, 0.15) is 50.2 Å². The summed E-state index contributed by atoms with van der Waals surface area (Å²) in [5, 5.41) is 6.45. The summed E-state index contributed by atoms with van der Waals surface area (Å²) in [5.41, 5.74) is 2.37. The Morgan fingerprint density at radius 3 is 2.67 bits per heavy atom. The second kappa shape index (κ2) is 8.92. The molecule has 2 heterocycles. The summed E-state index contributed by atoms with van der Waals surface area (Å²) in [6.07, 6.45) is 5.14. The van der Waals surface area contributed by atoms with Gasteiger partial charge in [-0.1, -0.05) is 13.0 Å². The molecule has 2 amide bonds. The lowest BCUT2D eigenvalue weighted by Gasteiger charge is -2.42. The molecule has 1 aromatic rings. The summed E-state index contributed by atoms with van der Waals surface area (Å²) in [4.78, 5) is 29.2. The molecule has 1 saturated heterocycles. The van der Waals surface area contributed by atoms with Gasteiger partial charge in [-0.15, -0.1) is 0 Å². The number of fused-ring (bicyclic) bond motifs is 1. The zero-order valence-corrected chi connectivity index (χ0v) is 18.0. The second-order valence-corrected chi connectivity index (χ2v) is 8.92. The molecule has 7 heteroatoms. The van der Waals surface area contributed by atoms with Crippen molar-refractivity contribution in [1.82, 2.24) is 15.1 Å². The Hall–Kier alpha value is -2.15. The van der Waals surface area contributed by atoms with Gasteiger partial charge in [0.1, 0.15) is 11.9 Å². The number of anilines is 1. The minimum Gasteiger partial charge on any atom is -0.373 e. The van der Waals surface area contributed by atoms with Crippen LogP contribution < -0.4 is 10.6 Å². The fraction of sp³-hybridized carbons (Fsp3) is 0.652. The molecule has 1 saturated carbocycles. The minimum atomic E-state index is -0.403. The first kappa shape index (κ1) is 21.1. The molecule has 2 fully saturated rings. The van der Waals surface area contributed by atoms with Crippen molar-refractivity contribution in [2.45, 2.75) is 70.5 Å². The summed E-state index contributed by atoms with van der Waals surface area (Å²) >= 11 is 0. The van der Waals surface area contributed by atoms with Crippen LogP contribution in [-0.4, -0.2) is 65.9 Å². The maximum Gasteiger partial charge on any atom is 0.243 e. The predicted molar refractivity (Wildman–Crippen MR) is 115 cm³/mol. The Bertz CT molecular complexity index is 776. The first-order valence-electron chi connectivity index (χ1n) is 11.3. The SMILES string of the molecule is CCC(=O)N1CCN([C@H]2CCC[C@@H](NC(=O)C3Cc4c(F)ccc(C)c4N3)C2)CC1. The third kappa shape index (κ3) is 4.31. The van der Waals surface area contributed by atoms with Gasteiger partial charge in [-0.3, -0.25) is 14.5 Å². The van der Waals surface area contributed by atoms with Crippen molar-refractivity contribution >= 4 is 17.5 Å². The third-order valence-electron chi connectivity index (χ3n) is 6.99. The van der Waals surface area contributed by atoms with Crippen molar-refractivity contribution in [3.63, 3.8) is 0 Å². The molecule has 30 heavy (non-hydrogen) atoms. The van der Waals surface area contributed by atoms with Crippen LogP contribution in [0.25, 0.3) is 0 Å². The summed E-state index contributed by atoms with van der Waals surface area (Å²) in [6, 6.07) is 3.44. The average Bonchev–Trinajstić information content (AvgIpc) is 3.23. The number of piperazine rings is 1. The van der Waals surface area contributed by atoms with Gasteiger partial charge in [0.05, 0.1) is 0 Å². The van der Waals surface area contributed by atoms with Crippen LogP contribution in [-0.2, 0) is 16.0 Å². The molecule has 0 spiro atoms. The van der Waals surface area contributed by atoms with Gasteiger partial charge in [0.25, 0.3) is 0 Å². The number of hydrogen-bond donors (Lipinski definition) is 2. The lowest BCUT2D eigenvalue weighted by molar-refractivity contribution is -0.133. The van der Waals surface area contributed by atoms with E-state index < -0.39 is 6.04 Å². The number of carbonyl (C=O) groups excluding carboxylic acids is 2. The van der Waals surface area contributed by atoms with Crippen LogP contribution in [0.2, 0.25) is 0 Å². The average molecular weight is 417 g/mol. The third-order valence-corrected chi connectivity index (χ3v) is 6.99. The maximum absolute atomic E-state index is 14.1. The highest BCUT2D eigenvalue weighted by Crippen LogP contribution is 2.32. The lowest BCUT2D eigenvalue weighted by Crippen LogP contribution is -2.55. The van der Waals surface area contributed by atoms with Gasteiger partial charge in [-0.25, -0.2) is 4.39 Å². The molecule has 0 radical (unpaired) electrons. The van der Waals surface area contributed by atoms with Crippen molar-refractivity contribution in [2.75, 3.05) is 31.5 Å². The smallest absolute Gasteiger partial charge is 0.243 e. The first-order chi connectivity index (χ1) is 14.5. The van der Waals surface area contributed by atoms with E-state index in [0.29, 0.717) is 24.4 Å². The molecule has 3 aliphatic rings. The number of carbonyl (C=O) groups is 2. The topological polar surface area (TPSA) is 64.7 Å². The van der Waals surface area contributed by atoms with E-state index in [-0.39, 0.29) is 23.7 Å². The molecule has 3 atom stereocenters. The van der Waals surface area contributed by atoms with Crippen molar-refractivity contribution in [2.24, 2.45) is 0 Å². The summed E-state index contributed by atoms with van der Waals surface area (Å²) in [7, 11) is 0. The largest absolute Gasteiger partial charge is 0.373 e. The minimum absolute atomic E-state index is 0.0333. The zero-order valence-electron chi connectivity index (χ0n) is 18.0. The van der Waals surface area contributed by atoms with Gasteiger partial charge < -0.3 is 15.5 Å². The van der Waals surface area contributed by atoms with Crippen molar-refractivity contribution < 1.29 is 14.0 Å². The number of nitrogens with one attached hydrogen (secondary N) is 2. The lowest BCUT2D eigenvalue weighted by atomic mass is 9.89. The number of aryl methyl sites for hydroxylation is 1. The quantitative estimate of drug-likeness (QED) is 0.792. The van der Waals surface area contributed by atoms with Gasteiger partial charge in [0.2, 0.25) is 11.8 Å². The molecule has 2 N–H and O–H groups in total. The molecule has 2 aliphatic heterocycles.